The summed E-state index contributed by atoms with van der Waals surface area (Å²) < 4.78 is 10.8. The topological polar surface area (TPSA) is 77.2 Å². The number of rotatable bonds is 4. The van der Waals surface area contributed by atoms with E-state index < -0.39 is 0 Å². The molecule has 3 rings (SSSR count). The highest BCUT2D eigenvalue weighted by molar-refractivity contribution is 5.88. The van der Waals surface area contributed by atoms with Gasteiger partial charge >= 0.3 is 0 Å². The fourth-order valence-electron chi connectivity index (χ4n) is 2.36. The first-order valence-electron chi connectivity index (χ1n) is 7.03. The van der Waals surface area contributed by atoms with Gasteiger partial charge in [-0.25, -0.2) is 0 Å². The quantitative estimate of drug-likeness (QED) is 0.934. The Hall–Kier alpha value is -2.21. The van der Waals surface area contributed by atoms with Crippen LogP contribution in [0.2, 0.25) is 0 Å². The number of benzene rings is 1. The molecule has 1 atom stereocenters. The van der Waals surface area contributed by atoms with Gasteiger partial charge in [0.15, 0.2) is 5.82 Å². The number of anilines is 1. The molecule has 1 aliphatic rings. The van der Waals surface area contributed by atoms with Gasteiger partial charge in [-0.2, -0.15) is 4.98 Å². The van der Waals surface area contributed by atoms with E-state index in [1.54, 1.807) is 12.1 Å². The lowest BCUT2D eigenvalue weighted by atomic mass is 10.2. The molecule has 2 aromatic rings. The lowest BCUT2D eigenvalue weighted by Crippen LogP contribution is -2.09. The molecule has 110 valence electrons. The Labute approximate surface area is 122 Å². The minimum absolute atomic E-state index is 0.0978. The van der Waals surface area contributed by atoms with Gasteiger partial charge in [-0.3, -0.25) is 4.79 Å². The molecule has 6 heteroatoms. The average molecular weight is 287 g/mol. The molecule has 0 saturated carbocycles. The van der Waals surface area contributed by atoms with Crippen LogP contribution in [0.3, 0.4) is 0 Å². The second kappa shape index (κ2) is 6.05. The van der Waals surface area contributed by atoms with Gasteiger partial charge in [0.25, 0.3) is 5.89 Å². The van der Waals surface area contributed by atoms with Gasteiger partial charge < -0.3 is 14.6 Å². The van der Waals surface area contributed by atoms with Crippen LogP contribution in [-0.4, -0.2) is 28.8 Å². The normalized spacial score (nSPS) is 17.9. The maximum atomic E-state index is 11.0. The first-order valence-corrected chi connectivity index (χ1v) is 7.03. The number of hydrogen-bond donors (Lipinski definition) is 1. The predicted molar refractivity (Wildman–Crippen MR) is 76.7 cm³/mol. The van der Waals surface area contributed by atoms with E-state index in [0.29, 0.717) is 18.1 Å². The Balaban J connectivity index is 1.68. The van der Waals surface area contributed by atoms with E-state index in [-0.39, 0.29) is 12.0 Å². The zero-order chi connectivity index (χ0) is 14.7. The monoisotopic (exact) mass is 287 g/mol. The van der Waals surface area contributed by atoms with Crippen LogP contribution < -0.4 is 5.32 Å². The molecular weight excluding hydrogens is 270 g/mol. The first-order chi connectivity index (χ1) is 10.2. The second-order valence-corrected chi connectivity index (χ2v) is 5.11. The van der Waals surface area contributed by atoms with Gasteiger partial charge in [-0.1, -0.05) is 5.16 Å². The fraction of sp³-hybridized carbons (Fsp3) is 0.400. The maximum absolute atomic E-state index is 11.0. The number of amides is 1. The maximum Gasteiger partial charge on any atom is 0.257 e. The van der Waals surface area contributed by atoms with Gasteiger partial charge in [0, 0.05) is 31.2 Å². The highest BCUT2D eigenvalue weighted by atomic mass is 16.5. The Morgan fingerprint density at radius 3 is 2.86 bits per heavy atom. The van der Waals surface area contributed by atoms with Crippen molar-refractivity contribution in [3.05, 3.63) is 30.1 Å². The summed E-state index contributed by atoms with van der Waals surface area (Å²) in [4.78, 5) is 15.4. The van der Waals surface area contributed by atoms with Crippen molar-refractivity contribution in [3.8, 4) is 11.5 Å². The lowest BCUT2D eigenvalue weighted by molar-refractivity contribution is -0.114. The Kier molecular flexibility index (Phi) is 3.96. The smallest absolute Gasteiger partial charge is 0.257 e. The van der Waals surface area contributed by atoms with Crippen LogP contribution in [0.15, 0.2) is 28.8 Å². The summed E-state index contributed by atoms with van der Waals surface area (Å²) in [6.45, 7) is 2.29. The molecule has 0 aliphatic carbocycles. The lowest BCUT2D eigenvalue weighted by Gasteiger charge is -2.04. The SMILES string of the molecule is CC(=O)Nc1ccc(-c2nc(CC3CCCO3)no2)cc1. The average Bonchev–Trinajstić information content (AvgIpc) is 3.11. The summed E-state index contributed by atoms with van der Waals surface area (Å²) in [6, 6.07) is 7.30. The van der Waals surface area contributed by atoms with Crippen molar-refractivity contribution in [2.45, 2.75) is 32.3 Å². The van der Waals surface area contributed by atoms with Crippen LogP contribution >= 0.6 is 0 Å². The van der Waals surface area contributed by atoms with Gasteiger partial charge in [0.05, 0.1) is 6.10 Å². The molecule has 6 nitrogen and oxygen atoms in total. The van der Waals surface area contributed by atoms with Crippen LogP contribution in [0.4, 0.5) is 5.69 Å². The minimum atomic E-state index is -0.0978. The zero-order valence-corrected chi connectivity index (χ0v) is 11.8. The summed E-state index contributed by atoms with van der Waals surface area (Å²) in [7, 11) is 0. The molecule has 2 heterocycles. The van der Waals surface area contributed by atoms with Crippen molar-refractivity contribution in [3.63, 3.8) is 0 Å². The highest BCUT2D eigenvalue weighted by Gasteiger charge is 2.19. The number of ether oxygens (including phenoxy) is 1. The van der Waals surface area contributed by atoms with Gasteiger partial charge in [-0.05, 0) is 37.1 Å². The van der Waals surface area contributed by atoms with Crippen LogP contribution in [0, 0.1) is 0 Å². The van der Waals surface area contributed by atoms with Gasteiger partial charge in [-0.15, -0.1) is 0 Å². The van der Waals surface area contributed by atoms with Crippen LogP contribution in [0.25, 0.3) is 11.5 Å². The summed E-state index contributed by atoms with van der Waals surface area (Å²) >= 11 is 0. The minimum Gasteiger partial charge on any atom is -0.378 e. The van der Waals surface area contributed by atoms with E-state index in [0.717, 1.165) is 30.7 Å². The number of nitrogens with zero attached hydrogens (tertiary/aromatic N) is 2. The second-order valence-electron chi connectivity index (χ2n) is 5.11. The van der Waals surface area contributed by atoms with Crippen molar-refractivity contribution in [1.82, 2.24) is 10.1 Å². The molecule has 1 N–H and O–H groups in total. The summed E-state index contributed by atoms with van der Waals surface area (Å²) in [5, 5.41) is 6.71. The largest absolute Gasteiger partial charge is 0.378 e. The van der Waals surface area contributed by atoms with E-state index in [4.69, 9.17) is 9.26 Å². The Morgan fingerprint density at radius 1 is 1.38 bits per heavy atom. The molecule has 1 fully saturated rings. The van der Waals surface area contributed by atoms with Crippen molar-refractivity contribution in [1.29, 1.82) is 0 Å². The molecule has 1 aliphatic heterocycles. The number of hydrogen-bond acceptors (Lipinski definition) is 5. The van der Waals surface area contributed by atoms with Crippen molar-refractivity contribution >= 4 is 11.6 Å². The Morgan fingerprint density at radius 2 is 2.19 bits per heavy atom. The molecule has 1 saturated heterocycles. The molecular formula is C15H17N3O3. The third-order valence-electron chi connectivity index (χ3n) is 3.35. The zero-order valence-electron chi connectivity index (χ0n) is 11.8. The number of aromatic nitrogens is 2. The number of carbonyl (C=O) groups is 1. The van der Waals surface area contributed by atoms with E-state index in [2.05, 4.69) is 15.5 Å². The van der Waals surface area contributed by atoms with E-state index in [1.807, 2.05) is 12.1 Å². The summed E-state index contributed by atoms with van der Waals surface area (Å²) in [6.07, 6.45) is 3.04. The van der Waals surface area contributed by atoms with Crippen molar-refractivity contribution < 1.29 is 14.1 Å². The van der Waals surface area contributed by atoms with Crippen LogP contribution in [0.1, 0.15) is 25.6 Å². The molecule has 0 bridgehead atoms. The predicted octanol–water partition coefficient (Wildman–Crippen LogP) is 2.42. The summed E-state index contributed by atoms with van der Waals surface area (Å²) in [5.41, 5.74) is 1.57. The molecule has 1 aromatic heterocycles. The Bertz CT molecular complexity index is 615. The van der Waals surface area contributed by atoms with E-state index in [1.165, 1.54) is 6.92 Å². The van der Waals surface area contributed by atoms with Crippen molar-refractivity contribution in [2.75, 3.05) is 11.9 Å². The summed E-state index contributed by atoms with van der Waals surface area (Å²) in [5.74, 6) is 1.06. The fourth-order valence-corrected chi connectivity index (χ4v) is 2.36. The number of nitrogens with one attached hydrogen (secondary N) is 1. The van der Waals surface area contributed by atoms with E-state index >= 15 is 0 Å². The van der Waals surface area contributed by atoms with Crippen molar-refractivity contribution in [2.24, 2.45) is 0 Å². The third kappa shape index (κ3) is 3.46. The first kappa shape index (κ1) is 13.8. The van der Waals surface area contributed by atoms with Gasteiger partial charge in [0.1, 0.15) is 0 Å². The van der Waals surface area contributed by atoms with Crippen LogP contribution in [0.5, 0.6) is 0 Å². The number of carbonyl (C=O) groups excluding carboxylic acids is 1. The molecule has 21 heavy (non-hydrogen) atoms. The molecule has 0 spiro atoms. The standard InChI is InChI=1S/C15H17N3O3/c1-10(19)16-12-6-4-11(5-7-12)15-17-14(18-21-15)9-13-3-2-8-20-13/h4-7,13H,2-3,8-9H2,1H3,(H,16,19). The van der Waals surface area contributed by atoms with E-state index in [9.17, 15) is 4.79 Å². The highest BCUT2D eigenvalue weighted by Crippen LogP contribution is 2.21. The molecule has 0 radical (unpaired) electrons. The molecule has 1 aromatic carbocycles. The molecule has 1 unspecified atom stereocenters. The van der Waals surface area contributed by atoms with Gasteiger partial charge in [0.2, 0.25) is 5.91 Å². The van der Waals surface area contributed by atoms with Crippen LogP contribution in [-0.2, 0) is 16.0 Å². The molecule has 1 amide bonds. The third-order valence-corrected chi connectivity index (χ3v) is 3.35.